The summed E-state index contributed by atoms with van der Waals surface area (Å²) in [4.78, 5) is 73.1. The van der Waals surface area contributed by atoms with Crippen LogP contribution >= 0.6 is 15.6 Å². The molecular weight excluding hydrogens is 1320 g/mol. The van der Waals surface area contributed by atoms with Gasteiger partial charge in [0.15, 0.2) is 12.2 Å². The number of carbonyl (C=O) groups is 4. The molecule has 101 heavy (non-hydrogen) atoms. The summed E-state index contributed by atoms with van der Waals surface area (Å²) < 4.78 is 68.8. The number of esters is 4. The smallest absolute Gasteiger partial charge is 0.462 e. The average Bonchev–Trinajstić information content (AvgIpc) is 0.976. The first-order valence-corrected chi connectivity index (χ1v) is 45.3. The van der Waals surface area contributed by atoms with Crippen molar-refractivity contribution in [2.45, 2.75) is 440 Å². The van der Waals surface area contributed by atoms with Crippen LogP contribution in [-0.2, 0) is 65.4 Å². The lowest BCUT2D eigenvalue weighted by Gasteiger charge is -2.21. The van der Waals surface area contributed by atoms with Gasteiger partial charge in [0.2, 0.25) is 0 Å². The summed E-state index contributed by atoms with van der Waals surface area (Å²) in [5.74, 6) is 1.07. The molecule has 0 saturated heterocycles. The molecule has 0 fully saturated rings. The molecule has 600 valence electrons. The van der Waals surface area contributed by atoms with E-state index in [0.29, 0.717) is 25.7 Å². The molecule has 0 amide bonds. The second kappa shape index (κ2) is 71.0. The molecule has 19 heteroatoms. The highest BCUT2D eigenvalue weighted by Crippen LogP contribution is 2.45. The standard InChI is InChI=1S/C82H160O17P2/c1-9-74(7)60-52-44-36-28-24-25-31-41-49-57-65-82(87)99-78(69-93-80(85)63-55-47-39-33-32-37-45-53-61-75(8)10-2)71-97-101(90,91)95-67-76(83)66-94-100(88,89)96-70-77(68-92-79(84)62-54-46-38-29-22-18-15-14-17-21-27-35-43-51-59-73(5)6)98-81(86)64-56-48-40-30-23-19-13-11-12-16-20-26-34-42-50-58-72(3)4/h72-78,83H,9-71H2,1-8H3,(H,88,89)(H,90,91)/t74?,75?,76-,77-,78-/m1/s1. The highest BCUT2D eigenvalue weighted by Gasteiger charge is 2.30. The van der Waals surface area contributed by atoms with Crippen LogP contribution in [0.4, 0.5) is 0 Å². The molecule has 0 aromatic carbocycles. The van der Waals surface area contributed by atoms with Gasteiger partial charge in [0.05, 0.1) is 26.4 Å². The Bertz CT molecular complexity index is 1980. The zero-order valence-electron chi connectivity index (χ0n) is 66.5. The van der Waals surface area contributed by atoms with Crippen molar-refractivity contribution in [3.63, 3.8) is 0 Å². The molecule has 0 aliphatic rings. The lowest BCUT2D eigenvalue weighted by molar-refractivity contribution is -0.161. The molecule has 0 saturated carbocycles. The van der Waals surface area contributed by atoms with Gasteiger partial charge in [0.1, 0.15) is 19.3 Å². The summed E-state index contributed by atoms with van der Waals surface area (Å²) in [6, 6.07) is 0. The zero-order chi connectivity index (χ0) is 74.6. The number of hydrogen-bond donors (Lipinski definition) is 3. The first-order chi connectivity index (χ1) is 48.7. The van der Waals surface area contributed by atoms with Crippen LogP contribution in [0, 0.1) is 23.7 Å². The Labute approximate surface area is 619 Å². The van der Waals surface area contributed by atoms with Gasteiger partial charge in [-0.25, -0.2) is 9.13 Å². The van der Waals surface area contributed by atoms with Crippen molar-refractivity contribution < 1.29 is 80.2 Å². The van der Waals surface area contributed by atoms with E-state index >= 15 is 0 Å². The van der Waals surface area contributed by atoms with E-state index in [1.165, 1.54) is 225 Å². The molecule has 0 aliphatic carbocycles. The third-order valence-corrected chi connectivity index (χ3v) is 21.7. The fourth-order valence-corrected chi connectivity index (χ4v) is 14.1. The number of aliphatic hydroxyl groups excluding tert-OH is 1. The van der Waals surface area contributed by atoms with Crippen LogP contribution in [0.5, 0.6) is 0 Å². The van der Waals surface area contributed by atoms with E-state index in [1.54, 1.807) is 0 Å². The zero-order valence-corrected chi connectivity index (χ0v) is 68.3. The van der Waals surface area contributed by atoms with Gasteiger partial charge in [0, 0.05) is 25.7 Å². The van der Waals surface area contributed by atoms with E-state index in [-0.39, 0.29) is 25.7 Å². The minimum absolute atomic E-state index is 0.106. The van der Waals surface area contributed by atoms with Gasteiger partial charge in [-0.2, -0.15) is 0 Å². The number of unbranched alkanes of at least 4 members (excludes halogenated alkanes) is 43. The van der Waals surface area contributed by atoms with Gasteiger partial charge in [-0.15, -0.1) is 0 Å². The van der Waals surface area contributed by atoms with Crippen molar-refractivity contribution in [3.05, 3.63) is 0 Å². The Hall–Kier alpha value is -1.94. The molecule has 0 bridgehead atoms. The van der Waals surface area contributed by atoms with E-state index in [0.717, 1.165) is 114 Å². The maximum atomic E-state index is 13.1. The van der Waals surface area contributed by atoms with Crippen LogP contribution in [0.3, 0.4) is 0 Å². The maximum Gasteiger partial charge on any atom is 0.472 e. The van der Waals surface area contributed by atoms with Crippen molar-refractivity contribution in [2.24, 2.45) is 23.7 Å². The number of phosphoric ester groups is 2. The molecule has 4 unspecified atom stereocenters. The molecule has 0 radical (unpaired) electrons. The van der Waals surface area contributed by atoms with E-state index in [2.05, 4.69) is 55.4 Å². The molecule has 0 aromatic rings. The van der Waals surface area contributed by atoms with Crippen molar-refractivity contribution in [1.82, 2.24) is 0 Å². The van der Waals surface area contributed by atoms with Crippen LogP contribution in [0.1, 0.15) is 421 Å². The van der Waals surface area contributed by atoms with Crippen LogP contribution in [0.25, 0.3) is 0 Å². The summed E-state index contributed by atoms with van der Waals surface area (Å²) in [5, 5.41) is 10.7. The Morgan fingerprint density at radius 1 is 0.277 bits per heavy atom. The molecule has 0 heterocycles. The Kier molecular flexibility index (Phi) is 69.6. The largest absolute Gasteiger partial charge is 0.472 e. The third-order valence-electron chi connectivity index (χ3n) is 19.8. The van der Waals surface area contributed by atoms with Crippen molar-refractivity contribution in [3.8, 4) is 0 Å². The number of ether oxygens (including phenoxy) is 4. The van der Waals surface area contributed by atoms with Gasteiger partial charge in [-0.05, 0) is 49.4 Å². The summed E-state index contributed by atoms with van der Waals surface area (Å²) >= 11 is 0. The fourth-order valence-electron chi connectivity index (χ4n) is 12.5. The van der Waals surface area contributed by atoms with Crippen LogP contribution in [0.2, 0.25) is 0 Å². The highest BCUT2D eigenvalue weighted by atomic mass is 31.2. The molecule has 0 aliphatic heterocycles. The lowest BCUT2D eigenvalue weighted by atomic mass is 9.99. The van der Waals surface area contributed by atoms with Crippen LogP contribution < -0.4 is 0 Å². The van der Waals surface area contributed by atoms with Crippen molar-refractivity contribution in [2.75, 3.05) is 39.6 Å². The van der Waals surface area contributed by atoms with Crippen molar-refractivity contribution >= 4 is 39.5 Å². The normalized spacial score (nSPS) is 14.5. The summed E-state index contributed by atoms with van der Waals surface area (Å²) in [6.07, 6.45) is 58.1. The predicted octanol–water partition coefficient (Wildman–Crippen LogP) is 24.4. The van der Waals surface area contributed by atoms with Gasteiger partial charge in [0.25, 0.3) is 0 Å². The SMILES string of the molecule is CCC(C)CCCCCCCCCCCCC(=O)O[C@H](COC(=O)CCCCCCCCCCC(C)CC)COP(=O)(O)OC[C@H](O)COP(=O)(O)OC[C@@H](COC(=O)CCCCCCCCCCCCCCCCC(C)C)OC(=O)CCCCCCCCCCCCCCCCCC(C)C. The Morgan fingerprint density at radius 3 is 0.703 bits per heavy atom. The topological polar surface area (TPSA) is 237 Å². The van der Waals surface area contributed by atoms with Crippen LogP contribution in [-0.4, -0.2) is 96.7 Å². The average molecular weight is 1480 g/mol. The summed E-state index contributed by atoms with van der Waals surface area (Å²) in [5.41, 5.74) is 0. The number of phosphoric acid groups is 2. The summed E-state index contributed by atoms with van der Waals surface area (Å²) in [7, 11) is -9.93. The fraction of sp³-hybridized carbons (Fsp3) is 0.951. The molecule has 0 spiro atoms. The summed E-state index contributed by atoms with van der Waals surface area (Å²) in [6.45, 7) is 14.3. The molecule has 3 N–H and O–H groups in total. The first kappa shape index (κ1) is 99.1. The Balaban J connectivity index is 5.28. The minimum atomic E-state index is -4.96. The van der Waals surface area contributed by atoms with E-state index in [4.69, 9.17) is 37.0 Å². The van der Waals surface area contributed by atoms with Gasteiger partial charge >= 0.3 is 39.5 Å². The third kappa shape index (κ3) is 73.4. The number of aliphatic hydroxyl groups is 1. The van der Waals surface area contributed by atoms with E-state index in [1.807, 2.05) is 0 Å². The van der Waals surface area contributed by atoms with Crippen LogP contribution in [0.15, 0.2) is 0 Å². The lowest BCUT2D eigenvalue weighted by Crippen LogP contribution is -2.30. The number of rotatable bonds is 79. The molecule has 17 nitrogen and oxygen atoms in total. The van der Waals surface area contributed by atoms with E-state index in [9.17, 15) is 43.2 Å². The van der Waals surface area contributed by atoms with Gasteiger partial charge in [-0.3, -0.25) is 37.3 Å². The molecule has 0 aromatic heterocycles. The molecular formula is C82H160O17P2. The van der Waals surface area contributed by atoms with E-state index < -0.39 is 97.5 Å². The predicted molar refractivity (Wildman–Crippen MR) is 414 cm³/mol. The number of hydrogen-bond acceptors (Lipinski definition) is 15. The van der Waals surface area contributed by atoms with Gasteiger partial charge < -0.3 is 33.8 Å². The number of carbonyl (C=O) groups excluding carboxylic acids is 4. The second-order valence-electron chi connectivity index (χ2n) is 31.0. The first-order valence-electron chi connectivity index (χ1n) is 42.3. The monoisotopic (exact) mass is 1480 g/mol. The molecule has 0 rings (SSSR count). The maximum absolute atomic E-state index is 13.1. The van der Waals surface area contributed by atoms with Crippen molar-refractivity contribution in [1.29, 1.82) is 0 Å². The molecule has 7 atom stereocenters. The second-order valence-corrected chi connectivity index (χ2v) is 33.9. The van der Waals surface area contributed by atoms with Gasteiger partial charge in [-0.1, -0.05) is 370 Å². The Morgan fingerprint density at radius 2 is 0.475 bits per heavy atom. The minimum Gasteiger partial charge on any atom is -0.462 e. The quantitative estimate of drug-likeness (QED) is 0.0222. The highest BCUT2D eigenvalue weighted by molar-refractivity contribution is 7.47.